The molecule has 0 amide bonds. The number of aromatic nitrogens is 2. The Morgan fingerprint density at radius 2 is 2.20 bits per heavy atom. The van der Waals surface area contributed by atoms with Crippen molar-refractivity contribution < 1.29 is 0 Å². The number of hydrogen-bond acceptors (Lipinski definition) is 3. The number of nitrogens with zero attached hydrogens (tertiary/aromatic N) is 3. The van der Waals surface area contributed by atoms with Crippen LogP contribution in [0.15, 0.2) is 20.6 Å². The van der Waals surface area contributed by atoms with Crippen LogP contribution in [0.4, 0.5) is 5.82 Å². The number of aliphatic imine (C=N–C) groups is 1. The van der Waals surface area contributed by atoms with Crippen molar-refractivity contribution in [1.29, 1.82) is 0 Å². The summed E-state index contributed by atoms with van der Waals surface area (Å²) in [7, 11) is 3.60. The van der Waals surface area contributed by atoms with Crippen molar-refractivity contribution >= 4 is 12.2 Å². The fourth-order valence-electron chi connectivity index (χ4n) is 1.05. The quantitative estimate of drug-likeness (QED) is 0.553. The maximum atomic E-state index is 11.4. The van der Waals surface area contributed by atoms with Gasteiger partial charge in [0.25, 0.3) is 5.56 Å². The first-order valence-electron chi connectivity index (χ1n) is 4.59. The van der Waals surface area contributed by atoms with Crippen LogP contribution < -0.4 is 11.2 Å². The van der Waals surface area contributed by atoms with Crippen molar-refractivity contribution in [1.82, 2.24) is 14.5 Å². The van der Waals surface area contributed by atoms with E-state index < -0.39 is 5.69 Å². The molecule has 1 rings (SSSR count). The van der Waals surface area contributed by atoms with E-state index in [1.54, 1.807) is 25.9 Å². The van der Waals surface area contributed by atoms with Gasteiger partial charge in [-0.25, -0.2) is 9.79 Å². The van der Waals surface area contributed by atoms with Crippen LogP contribution >= 0.6 is 0 Å². The Morgan fingerprint density at radius 1 is 1.53 bits per heavy atom. The molecule has 0 aromatic carbocycles. The molecule has 6 nitrogen and oxygen atoms in total. The molecule has 0 saturated carbocycles. The Morgan fingerprint density at radius 3 is 2.67 bits per heavy atom. The average Bonchev–Trinajstić information content (AvgIpc) is 2.14. The maximum Gasteiger partial charge on any atom is 0.329 e. The number of nitrogens with one attached hydrogen (secondary N) is 1. The molecule has 0 aliphatic rings. The van der Waals surface area contributed by atoms with Gasteiger partial charge in [-0.2, -0.15) is 0 Å². The van der Waals surface area contributed by atoms with Gasteiger partial charge in [-0.1, -0.05) is 0 Å². The largest absolute Gasteiger partial charge is 0.369 e. The zero-order valence-corrected chi connectivity index (χ0v) is 9.02. The minimum atomic E-state index is -0.434. The molecule has 0 radical (unpaired) electrons. The van der Waals surface area contributed by atoms with Crippen LogP contribution in [-0.2, 0) is 6.54 Å². The second-order valence-corrected chi connectivity index (χ2v) is 3.25. The maximum absolute atomic E-state index is 11.4. The molecular formula is C9H14N4O2. The van der Waals surface area contributed by atoms with Crippen LogP contribution in [0.25, 0.3) is 0 Å². The predicted octanol–water partition coefficient (Wildman–Crippen LogP) is -0.222. The Balaban J connectivity index is 3.15. The lowest BCUT2D eigenvalue weighted by molar-refractivity contribution is 0.641. The van der Waals surface area contributed by atoms with E-state index in [1.807, 2.05) is 0 Å². The van der Waals surface area contributed by atoms with Gasteiger partial charge in [0, 0.05) is 26.7 Å². The SMILES string of the molecule is CCn1c(=O)cc(N=CN(C)C)[nH]c1=O. The Labute approximate surface area is 86.9 Å². The topological polar surface area (TPSA) is 70.5 Å². The third kappa shape index (κ3) is 2.80. The highest BCUT2D eigenvalue weighted by Crippen LogP contribution is 1.98. The van der Waals surface area contributed by atoms with Crippen LogP contribution in [0, 0.1) is 0 Å². The molecule has 6 heteroatoms. The number of aromatic amines is 1. The van der Waals surface area contributed by atoms with Crippen molar-refractivity contribution in [3.63, 3.8) is 0 Å². The van der Waals surface area contributed by atoms with Crippen molar-refractivity contribution in [2.24, 2.45) is 4.99 Å². The van der Waals surface area contributed by atoms with E-state index in [4.69, 9.17) is 0 Å². The molecule has 0 spiro atoms. The zero-order chi connectivity index (χ0) is 11.4. The van der Waals surface area contributed by atoms with Crippen LogP contribution in [0.3, 0.4) is 0 Å². The third-order valence-corrected chi connectivity index (χ3v) is 1.75. The second-order valence-electron chi connectivity index (χ2n) is 3.25. The van der Waals surface area contributed by atoms with Gasteiger partial charge in [-0.05, 0) is 6.92 Å². The highest BCUT2D eigenvalue weighted by Gasteiger charge is 2.00. The summed E-state index contributed by atoms with van der Waals surface area (Å²) in [4.78, 5) is 30.9. The smallest absolute Gasteiger partial charge is 0.329 e. The molecule has 0 aliphatic carbocycles. The molecule has 15 heavy (non-hydrogen) atoms. The second kappa shape index (κ2) is 4.59. The van der Waals surface area contributed by atoms with E-state index >= 15 is 0 Å². The summed E-state index contributed by atoms with van der Waals surface area (Å²) in [5.74, 6) is 0.267. The minimum Gasteiger partial charge on any atom is -0.369 e. The molecular weight excluding hydrogens is 196 g/mol. The summed E-state index contributed by atoms with van der Waals surface area (Å²) >= 11 is 0. The van der Waals surface area contributed by atoms with E-state index in [9.17, 15) is 9.59 Å². The average molecular weight is 210 g/mol. The molecule has 0 unspecified atom stereocenters. The first-order valence-corrected chi connectivity index (χ1v) is 4.59. The lowest BCUT2D eigenvalue weighted by Crippen LogP contribution is -2.33. The normalized spacial score (nSPS) is 10.9. The highest BCUT2D eigenvalue weighted by molar-refractivity contribution is 5.58. The van der Waals surface area contributed by atoms with E-state index in [0.717, 1.165) is 4.57 Å². The molecule has 0 saturated heterocycles. The van der Waals surface area contributed by atoms with E-state index in [1.165, 1.54) is 12.4 Å². The summed E-state index contributed by atoms with van der Waals surface area (Å²) in [6.07, 6.45) is 1.51. The molecule has 1 N–H and O–H groups in total. The van der Waals surface area contributed by atoms with Crippen molar-refractivity contribution in [2.45, 2.75) is 13.5 Å². The predicted molar refractivity (Wildman–Crippen MR) is 58.8 cm³/mol. The van der Waals surface area contributed by atoms with Gasteiger partial charge in [0.2, 0.25) is 0 Å². The fraction of sp³-hybridized carbons (Fsp3) is 0.444. The summed E-state index contributed by atoms with van der Waals surface area (Å²) in [5, 5.41) is 0. The summed E-state index contributed by atoms with van der Waals surface area (Å²) in [6.45, 7) is 2.09. The summed E-state index contributed by atoms with van der Waals surface area (Å²) < 4.78 is 1.11. The summed E-state index contributed by atoms with van der Waals surface area (Å²) in [5.41, 5.74) is -0.775. The number of hydrogen-bond donors (Lipinski definition) is 1. The monoisotopic (exact) mass is 210 g/mol. The van der Waals surface area contributed by atoms with E-state index in [0.29, 0.717) is 6.54 Å². The zero-order valence-electron chi connectivity index (χ0n) is 9.02. The lowest BCUT2D eigenvalue weighted by Gasteiger charge is -2.03. The molecule has 0 atom stereocenters. The van der Waals surface area contributed by atoms with Gasteiger partial charge < -0.3 is 4.90 Å². The van der Waals surface area contributed by atoms with E-state index in [2.05, 4.69) is 9.98 Å². The van der Waals surface area contributed by atoms with Gasteiger partial charge in [0.15, 0.2) is 0 Å². The van der Waals surface area contributed by atoms with Crippen LogP contribution in [0.1, 0.15) is 6.92 Å². The highest BCUT2D eigenvalue weighted by atomic mass is 16.2. The van der Waals surface area contributed by atoms with Gasteiger partial charge in [-0.15, -0.1) is 0 Å². The fourth-order valence-corrected chi connectivity index (χ4v) is 1.05. The van der Waals surface area contributed by atoms with Crippen molar-refractivity contribution in [2.75, 3.05) is 14.1 Å². The molecule has 1 aromatic rings. The first kappa shape index (κ1) is 11.2. The van der Waals surface area contributed by atoms with E-state index in [-0.39, 0.29) is 11.4 Å². The van der Waals surface area contributed by atoms with Gasteiger partial charge >= 0.3 is 5.69 Å². The minimum absolute atomic E-state index is 0.267. The Hall–Kier alpha value is -1.85. The standard InChI is InChI=1S/C9H14N4O2/c1-4-13-8(14)5-7(11-9(13)15)10-6-12(2)3/h5-6H,4H2,1-3H3,(H,11,15). The third-order valence-electron chi connectivity index (χ3n) is 1.75. The van der Waals surface area contributed by atoms with Crippen LogP contribution in [0.2, 0.25) is 0 Å². The molecule has 82 valence electrons. The summed E-state index contributed by atoms with van der Waals surface area (Å²) in [6, 6.07) is 1.30. The number of H-pyrrole nitrogens is 1. The van der Waals surface area contributed by atoms with Gasteiger partial charge in [-0.3, -0.25) is 14.3 Å². The van der Waals surface area contributed by atoms with Crippen molar-refractivity contribution in [3.8, 4) is 0 Å². The molecule has 1 aromatic heterocycles. The van der Waals surface area contributed by atoms with Gasteiger partial charge in [0.05, 0.1) is 6.34 Å². The molecule has 1 heterocycles. The van der Waals surface area contributed by atoms with Gasteiger partial charge in [0.1, 0.15) is 5.82 Å². The van der Waals surface area contributed by atoms with Crippen LogP contribution in [-0.4, -0.2) is 34.9 Å². The van der Waals surface area contributed by atoms with Crippen LogP contribution in [0.5, 0.6) is 0 Å². The molecule has 0 fully saturated rings. The lowest BCUT2D eigenvalue weighted by atomic mass is 10.5. The first-order chi connectivity index (χ1) is 7.04. The Kier molecular flexibility index (Phi) is 3.43. The van der Waals surface area contributed by atoms with Crippen molar-refractivity contribution in [3.05, 3.63) is 26.9 Å². The number of rotatable bonds is 3. The molecule has 0 bridgehead atoms. The Bertz CT molecular complexity index is 438. The molecule has 0 aliphatic heterocycles.